The number of terminal acetylenes is 1. The lowest BCUT2D eigenvalue weighted by atomic mass is 10.2. The zero-order chi connectivity index (χ0) is 18.9. The van der Waals surface area contributed by atoms with Crippen molar-refractivity contribution in [3.05, 3.63) is 18.0 Å². The third-order valence-corrected chi connectivity index (χ3v) is 4.25. The highest BCUT2D eigenvalue weighted by Gasteiger charge is 2.32. The Morgan fingerprint density at radius 3 is 2.88 bits per heavy atom. The molecule has 7 heteroatoms. The fourth-order valence-corrected chi connectivity index (χ4v) is 3.03. The highest BCUT2D eigenvalue weighted by atomic mass is 16.6. The maximum Gasteiger partial charge on any atom is 0.410 e. The highest BCUT2D eigenvalue weighted by Crippen LogP contribution is 2.23. The molecule has 0 bridgehead atoms. The largest absolute Gasteiger partial charge is 0.461 e. The summed E-state index contributed by atoms with van der Waals surface area (Å²) in [6.45, 7) is 6.54. The van der Waals surface area contributed by atoms with E-state index in [1.807, 2.05) is 44.6 Å². The van der Waals surface area contributed by atoms with Crippen molar-refractivity contribution in [1.29, 1.82) is 0 Å². The molecule has 0 aromatic carbocycles. The van der Waals surface area contributed by atoms with Gasteiger partial charge in [-0.05, 0) is 45.6 Å². The van der Waals surface area contributed by atoms with E-state index in [2.05, 4.69) is 15.9 Å². The number of aryl methyl sites for hydroxylation is 1. The van der Waals surface area contributed by atoms with Gasteiger partial charge in [0, 0.05) is 19.8 Å². The van der Waals surface area contributed by atoms with Crippen molar-refractivity contribution in [2.75, 3.05) is 13.2 Å². The summed E-state index contributed by atoms with van der Waals surface area (Å²) in [7, 11) is 1.89. The van der Waals surface area contributed by atoms with Crippen molar-refractivity contribution < 1.29 is 14.3 Å². The zero-order valence-corrected chi connectivity index (χ0v) is 15.7. The van der Waals surface area contributed by atoms with Gasteiger partial charge in [-0.1, -0.05) is 0 Å². The second-order valence-corrected chi connectivity index (χ2v) is 7.44. The molecule has 1 aliphatic rings. The first-order chi connectivity index (χ1) is 12.3. The van der Waals surface area contributed by atoms with E-state index in [1.165, 1.54) is 0 Å². The first-order valence-corrected chi connectivity index (χ1v) is 8.70. The Morgan fingerprint density at radius 1 is 1.42 bits per heavy atom. The quantitative estimate of drug-likeness (QED) is 0.791. The number of hydrogen-bond donors (Lipinski definition) is 0. The topological polar surface area (TPSA) is 69.5 Å². The molecule has 1 fully saturated rings. The van der Waals surface area contributed by atoms with Crippen molar-refractivity contribution in [3.8, 4) is 18.4 Å². The van der Waals surface area contributed by atoms with E-state index >= 15 is 0 Å². The summed E-state index contributed by atoms with van der Waals surface area (Å²) in [5.41, 5.74) is 0.701. The molecule has 0 aliphatic carbocycles. The first-order valence-electron chi connectivity index (χ1n) is 8.70. The molecule has 0 saturated carbocycles. The Morgan fingerprint density at radius 2 is 2.19 bits per heavy atom. The molecule has 2 aromatic rings. The lowest BCUT2D eigenvalue weighted by Crippen LogP contribution is -2.42. The van der Waals surface area contributed by atoms with Crippen molar-refractivity contribution in [3.63, 3.8) is 0 Å². The molecule has 1 atom stereocenters. The van der Waals surface area contributed by atoms with Gasteiger partial charge in [-0.2, -0.15) is 9.97 Å². The Labute approximate surface area is 153 Å². The molecular weight excluding hydrogens is 332 g/mol. The summed E-state index contributed by atoms with van der Waals surface area (Å²) in [5.74, 6) is 2.58. The molecule has 138 valence electrons. The molecule has 3 heterocycles. The molecular formula is C19H24N4O3. The van der Waals surface area contributed by atoms with Crippen LogP contribution in [0.4, 0.5) is 4.79 Å². The SMILES string of the molecule is C#Cc1nc(OC[C@H]2CCCN2C(=O)OC(C)(C)C)nc2c1ccn2C. The van der Waals surface area contributed by atoms with Gasteiger partial charge in [-0.3, -0.25) is 0 Å². The number of amides is 1. The Balaban J connectivity index is 1.72. The molecule has 1 saturated heterocycles. The fraction of sp³-hybridized carbons (Fsp3) is 0.526. The molecule has 1 aliphatic heterocycles. The minimum Gasteiger partial charge on any atom is -0.461 e. The van der Waals surface area contributed by atoms with Crippen LogP contribution in [-0.2, 0) is 11.8 Å². The molecule has 2 aromatic heterocycles. The fourth-order valence-electron chi connectivity index (χ4n) is 3.03. The van der Waals surface area contributed by atoms with Crippen LogP contribution in [0, 0.1) is 12.3 Å². The van der Waals surface area contributed by atoms with E-state index in [0.29, 0.717) is 18.8 Å². The minimum absolute atomic E-state index is 0.0631. The second kappa shape index (κ2) is 6.87. The van der Waals surface area contributed by atoms with Crippen LogP contribution >= 0.6 is 0 Å². The van der Waals surface area contributed by atoms with Crippen LogP contribution in [0.2, 0.25) is 0 Å². The van der Waals surface area contributed by atoms with E-state index in [0.717, 1.165) is 23.9 Å². The highest BCUT2D eigenvalue weighted by molar-refractivity contribution is 5.81. The van der Waals surface area contributed by atoms with Gasteiger partial charge < -0.3 is 18.9 Å². The standard InChI is InChI=1S/C19H24N4O3/c1-6-15-14-9-11-22(5)16(14)21-17(20-15)25-12-13-8-7-10-23(13)18(24)26-19(2,3)4/h1,9,11,13H,7-8,10,12H2,2-5H3/t13-/m1/s1. The minimum atomic E-state index is -0.520. The number of aromatic nitrogens is 3. The zero-order valence-electron chi connectivity index (χ0n) is 15.7. The molecule has 7 nitrogen and oxygen atoms in total. The Hall–Kier alpha value is -2.75. The van der Waals surface area contributed by atoms with Crippen LogP contribution in [0.3, 0.4) is 0 Å². The van der Waals surface area contributed by atoms with Crippen LogP contribution in [0.5, 0.6) is 6.01 Å². The predicted octanol–water partition coefficient (Wildman–Crippen LogP) is 2.73. The van der Waals surface area contributed by atoms with Crippen molar-refractivity contribution in [2.45, 2.75) is 45.3 Å². The van der Waals surface area contributed by atoms with Gasteiger partial charge in [0.05, 0.1) is 11.4 Å². The van der Waals surface area contributed by atoms with Crippen LogP contribution < -0.4 is 4.74 Å². The van der Waals surface area contributed by atoms with E-state index in [9.17, 15) is 4.79 Å². The number of likely N-dealkylation sites (tertiary alicyclic amines) is 1. The average molecular weight is 356 g/mol. The molecule has 26 heavy (non-hydrogen) atoms. The molecule has 0 unspecified atom stereocenters. The van der Waals surface area contributed by atoms with Gasteiger partial charge in [0.25, 0.3) is 0 Å². The first kappa shape index (κ1) is 18.1. The normalized spacial score (nSPS) is 17.3. The van der Waals surface area contributed by atoms with E-state index in [4.69, 9.17) is 15.9 Å². The van der Waals surface area contributed by atoms with Gasteiger partial charge in [0.15, 0.2) is 0 Å². The van der Waals surface area contributed by atoms with Crippen LogP contribution in [0.15, 0.2) is 12.3 Å². The molecule has 0 N–H and O–H groups in total. The second-order valence-electron chi connectivity index (χ2n) is 7.44. The van der Waals surface area contributed by atoms with Crippen LogP contribution in [-0.4, -0.2) is 50.3 Å². The number of nitrogens with zero attached hydrogens (tertiary/aromatic N) is 4. The predicted molar refractivity (Wildman–Crippen MR) is 97.9 cm³/mol. The van der Waals surface area contributed by atoms with E-state index in [-0.39, 0.29) is 18.1 Å². The number of carbonyl (C=O) groups is 1. The van der Waals surface area contributed by atoms with Gasteiger partial charge in [-0.25, -0.2) is 4.79 Å². The van der Waals surface area contributed by atoms with Gasteiger partial charge in [0.1, 0.15) is 23.5 Å². The molecule has 0 spiro atoms. The van der Waals surface area contributed by atoms with Crippen molar-refractivity contribution >= 4 is 17.1 Å². The van der Waals surface area contributed by atoms with Gasteiger partial charge in [0.2, 0.25) is 0 Å². The summed E-state index contributed by atoms with van der Waals surface area (Å²) >= 11 is 0. The third-order valence-electron chi connectivity index (χ3n) is 4.25. The summed E-state index contributed by atoms with van der Waals surface area (Å²) in [6, 6.07) is 2.05. The van der Waals surface area contributed by atoms with Crippen LogP contribution in [0.1, 0.15) is 39.3 Å². The van der Waals surface area contributed by atoms with Gasteiger partial charge >= 0.3 is 12.1 Å². The maximum atomic E-state index is 12.4. The van der Waals surface area contributed by atoms with Crippen molar-refractivity contribution in [1.82, 2.24) is 19.4 Å². The average Bonchev–Trinajstić information content (AvgIpc) is 3.18. The molecule has 3 rings (SSSR count). The summed E-state index contributed by atoms with van der Waals surface area (Å²) < 4.78 is 13.1. The summed E-state index contributed by atoms with van der Waals surface area (Å²) in [6.07, 6.45) is 8.90. The number of rotatable bonds is 3. The van der Waals surface area contributed by atoms with E-state index in [1.54, 1.807) is 4.90 Å². The number of hydrogen-bond acceptors (Lipinski definition) is 5. The van der Waals surface area contributed by atoms with E-state index < -0.39 is 5.60 Å². The maximum absolute atomic E-state index is 12.4. The van der Waals surface area contributed by atoms with Gasteiger partial charge in [-0.15, -0.1) is 6.42 Å². The molecule has 1 amide bonds. The Bertz CT molecular complexity index is 860. The smallest absolute Gasteiger partial charge is 0.410 e. The number of fused-ring (bicyclic) bond motifs is 1. The third kappa shape index (κ3) is 3.74. The number of carbonyl (C=O) groups excluding carboxylic acids is 1. The lowest BCUT2D eigenvalue weighted by Gasteiger charge is -2.28. The Kier molecular flexibility index (Phi) is 4.77. The van der Waals surface area contributed by atoms with Crippen molar-refractivity contribution in [2.24, 2.45) is 7.05 Å². The number of ether oxygens (including phenoxy) is 2. The monoisotopic (exact) mass is 356 g/mol. The van der Waals surface area contributed by atoms with Crippen LogP contribution in [0.25, 0.3) is 11.0 Å². The summed E-state index contributed by atoms with van der Waals surface area (Å²) in [4.78, 5) is 22.8. The molecule has 0 radical (unpaired) electrons. The lowest BCUT2D eigenvalue weighted by molar-refractivity contribution is 0.0184. The summed E-state index contributed by atoms with van der Waals surface area (Å²) in [5, 5.41) is 0.818.